The van der Waals surface area contributed by atoms with E-state index in [0.717, 1.165) is 5.56 Å². The van der Waals surface area contributed by atoms with E-state index < -0.39 is 10.0 Å². The molecule has 0 radical (unpaired) electrons. The first kappa shape index (κ1) is 23.4. The van der Waals surface area contributed by atoms with Gasteiger partial charge in [0.25, 0.3) is 5.91 Å². The van der Waals surface area contributed by atoms with Crippen molar-refractivity contribution < 1.29 is 22.7 Å². The third-order valence-corrected chi connectivity index (χ3v) is 5.66. The summed E-state index contributed by atoms with van der Waals surface area (Å²) in [5.41, 5.74) is 1.41. The minimum absolute atomic E-state index is 0.00740. The van der Waals surface area contributed by atoms with Crippen LogP contribution in [0.25, 0.3) is 0 Å². The Hall–Kier alpha value is -2.91. The summed E-state index contributed by atoms with van der Waals surface area (Å²) in [5.74, 6) is 0.221. The molecule has 0 spiro atoms. The number of hydrogen-bond acceptors (Lipinski definition) is 5. The maximum atomic E-state index is 12.3. The maximum absolute atomic E-state index is 12.3. The fraction of sp³-hybridized carbons (Fsp3) is 0.333. The predicted octanol–water partition coefficient (Wildman–Crippen LogP) is 1.77. The summed E-state index contributed by atoms with van der Waals surface area (Å²) in [6, 6.07) is 13.0. The Balaban J connectivity index is 1.78. The number of ether oxygens (including phenoxy) is 1. The second kappa shape index (κ2) is 10.7. The van der Waals surface area contributed by atoms with Gasteiger partial charge in [-0.15, -0.1) is 0 Å². The van der Waals surface area contributed by atoms with Crippen molar-refractivity contribution in [1.29, 1.82) is 0 Å². The van der Waals surface area contributed by atoms with E-state index in [9.17, 15) is 18.0 Å². The van der Waals surface area contributed by atoms with Gasteiger partial charge in [0.05, 0.1) is 11.5 Å². The molecule has 2 aromatic carbocycles. The smallest absolute Gasteiger partial charge is 0.253 e. The van der Waals surface area contributed by atoms with Gasteiger partial charge >= 0.3 is 0 Å². The summed E-state index contributed by atoms with van der Waals surface area (Å²) in [5, 5.41) is 2.73. The first-order valence-electron chi connectivity index (χ1n) is 9.52. The normalized spacial score (nSPS) is 11.0. The maximum Gasteiger partial charge on any atom is 0.253 e. The molecule has 0 aliphatic carbocycles. The molecule has 0 fully saturated rings. The number of benzene rings is 2. The average molecular weight is 434 g/mol. The second-order valence-electron chi connectivity index (χ2n) is 6.73. The third kappa shape index (κ3) is 6.85. The van der Waals surface area contributed by atoms with Gasteiger partial charge in [-0.1, -0.05) is 12.1 Å². The molecular formula is C21H27N3O5S. The molecule has 2 aromatic rings. The Morgan fingerprint density at radius 2 is 1.63 bits per heavy atom. The number of amides is 2. The molecule has 0 aliphatic rings. The molecule has 0 heterocycles. The largest absolute Gasteiger partial charge is 0.494 e. The lowest BCUT2D eigenvalue weighted by atomic mass is 10.1. The standard InChI is InChI=1S/C21H27N3O5S/c1-4-29-18-9-11-19(12-10-18)30(27,28)23-14-13-20(25)22-15-16-5-7-17(8-6-16)21(26)24(2)3/h5-12,23H,4,13-15H2,1-3H3,(H,22,25). The lowest BCUT2D eigenvalue weighted by Crippen LogP contribution is -2.30. The minimum Gasteiger partial charge on any atom is -0.494 e. The summed E-state index contributed by atoms with van der Waals surface area (Å²) in [6.07, 6.45) is 0.00740. The molecule has 0 aromatic heterocycles. The number of carbonyl (C=O) groups excluding carboxylic acids is 2. The average Bonchev–Trinajstić information content (AvgIpc) is 2.72. The molecule has 8 nitrogen and oxygen atoms in total. The summed E-state index contributed by atoms with van der Waals surface area (Å²) >= 11 is 0. The Morgan fingerprint density at radius 1 is 1.00 bits per heavy atom. The molecule has 0 bridgehead atoms. The summed E-state index contributed by atoms with van der Waals surface area (Å²) in [7, 11) is -0.334. The van der Waals surface area contributed by atoms with Crippen molar-refractivity contribution in [2.45, 2.75) is 24.8 Å². The number of nitrogens with zero attached hydrogens (tertiary/aromatic N) is 1. The Labute approximate surface area is 177 Å². The van der Waals surface area contributed by atoms with Crippen LogP contribution in [0.4, 0.5) is 0 Å². The quantitative estimate of drug-likeness (QED) is 0.594. The molecule has 0 saturated heterocycles. The van der Waals surface area contributed by atoms with Gasteiger partial charge < -0.3 is 15.0 Å². The topological polar surface area (TPSA) is 105 Å². The van der Waals surface area contributed by atoms with Crippen LogP contribution in [0.15, 0.2) is 53.4 Å². The van der Waals surface area contributed by atoms with Gasteiger partial charge in [0.2, 0.25) is 15.9 Å². The van der Waals surface area contributed by atoms with Gasteiger partial charge in [-0.25, -0.2) is 13.1 Å². The molecule has 2 rings (SSSR count). The number of nitrogens with one attached hydrogen (secondary N) is 2. The van der Waals surface area contributed by atoms with Gasteiger partial charge in [0, 0.05) is 39.2 Å². The minimum atomic E-state index is -3.70. The van der Waals surface area contributed by atoms with Crippen LogP contribution in [-0.2, 0) is 21.4 Å². The van der Waals surface area contributed by atoms with Crippen LogP contribution >= 0.6 is 0 Å². The van der Waals surface area contributed by atoms with Gasteiger partial charge in [0.1, 0.15) is 5.75 Å². The van der Waals surface area contributed by atoms with E-state index in [1.165, 1.54) is 17.0 Å². The van der Waals surface area contributed by atoms with E-state index in [1.54, 1.807) is 50.5 Å². The first-order valence-corrected chi connectivity index (χ1v) is 11.0. The van der Waals surface area contributed by atoms with Gasteiger partial charge in [0.15, 0.2) is 0 Å². The van der Waals surface area contributed by atoms with Crippen molar-refractivity contribution >= 4 is 21.8 Å². The van der Waals surface area contributed by atoms with Crippen molar-refractivity contribution in [3.63, 3.8) is 0 Å². The van der Waals surface area contributed by atoms with Crippen LogP contribution in [0.1, 0.15) is 29.3 Å². The van der Waals surface area contributed by atoms with Gasteiger partial charge in [-0.3, -0.25) is 9.59 Å². The first-order chi connectivity index (χ1) is 14.2. The molecule has 0 saturated carbocycles. The zero-order chi connectivity index (χ0) is 22.1. The highest BCUT2D eigenvalue weighted by atomic mass is 32.2. The number of carbonyl (C=O) groups is 2. The van der Waals surface area contributed by atoms with Crippen LogP contribution in [0, 0.1) is 0 Å². The van der Waals surface area contributed by atoms with Crippen LogP contribution in [0.3, 0.4) is 0 Å². The Bertz CT molecular complexity index is 955. The Morgan fingerprint density at radius 3 is 2.20 bits per heavy atom. The van der Waals surface area contributed by atoms with Crippen LogP contribution < -0.4 is 14.8 Å². The molecule has 2 amide bonds. The monoisotopic (exact) mass is 433 g/mol. The zero-order valence-corrected chi connectivity index (χ0v) is 18.2. The molecule has 0 aliphatic heterocycles. The molecule has 0 unspecified atom stereocenters. The lowest BCUT2D eigenvalue weighted by Gasteiger charge is -2.11. The molecule has 0 atom stereocenters. The van der Waals surface area contributed by atoms with Crippen molar-refractivity contribution in [2.24, 2.45) is 0 Å². The molecule has 162 valence electrons. The van der Waals surface area contributed by atoms with E-state index in [4.69, 9.17) is 4.74 Å². The Kier molecular flexibility index (Phi) is 8.37. The van der Waals surface area contributed by atoms with Crippen molar-refractivity contribution in [2.75, 3.05) is 27.2 Å². The number of hydrogen-bond donors (Lipinski definition) is 2. The van der Waals surface area contributed by atoms with Crippen LogP contribution in [0.5, 0.6) is 5.75 Å². The number of rotatable bonds is 10. The van der Waals surface area contributed by atoms with Gasteiger partial charge in [-0.2, -0.15) is 0 Å². The van der Waals surface area contributed by atoms with E-state index in [2.05, 4.69) is 10.0 Å². The number of sulfonamides is 1. The lowest BCUT2D eigenvalue weighted by molar-refractivity contribution is -0.121. The SMILES string of the molecule is CCOc1ccc(S(=O)(=O)NCCC(=O)NCc2ccc(C(=O)N(C)C)cc2)cc1. The van der Waals surface area contributed by atoms with Crippen LogP contribution in [-0.4, -0.2) is 52.4 Å². The summed E-state index contributed by atoms with van der Waals surface area (Å²) in [4.78, 5) is 25.5. The fourth-order valence-electron chi connectivity index (χ4n) is 2.58. The fourth-order valence-corrected chi connectivity index (χ4v) is 3.61. The molecule has 30 heavy (non-hydrogen) atoms. The summed E-state index contributed by atoms with van der Waals surface area (Å²) in [6.45, 7) is 2.62. The van der Waals surface area contributed by atoms with E-state index in [1.807, 2.05) is 6.92 Å². The highest BCUT2D eigenvalue weighted by Gasteiger charge is 2.14. The second-order valence-corrected chi connectivity index (χ2v) is 8.49. The predicted molar refractivity (Wildman–Crippen MR) is 114 cm³/mol. The van der Waals surface area contributed by atoms with Gasteiger partial charge in [-0.05, 0) is 48.9 Å². The summed E-state index contributed by atoms with van der Waals surface area (Å²) < 4.78 is 32.3. The molecule has 9 heteroatoms. The highest BCUT2D eigenvalue weighted by molar-refractivity contribution is 7.89. The van der Waals surface area contributed by atoms with Crippen molar-refractivity contribution in [1.82, 2.24) is 14.9 Å². The highest BCUT2D eigenvalue weighted by Crippen LogP contribution is 2.15. The van der Waals surface area contributed by atoms with E-state index in [-0.39, 0.29) is 29.7 Å². The third-order valence-electron chi connectivity index (χ3n) is 4.19. The van der Waals surface area contributed by atoms with Crippen molar-refractivity contribution in [3.8, 4) is 5.75 Å². The molecule has 2 N–H and O–H groups in total. The van der Waals surface area contributed by atoms with Crippen molar-refractivity contribution in [3.05, 3.63) is 59.7 Å². The molecular weight excluding hydrogens is 406 g/mol. The zero-order valence-electron chi connectivity index (χ0n) is 17.3. The van der Waals surface area contributed by atoms with E-state index in [0.29, 0.717) is 24.5 Å². The van der Waals surface area contributed by atoms with E-state index >= 15 is 0 Å². The van der Waals surface area contributed by atoms with Crippen LogP contribution in [0.2, 0.25) is 0 Å².